The highest BCUT2D eigenvalue weighted by atomic mass is 19.1. The van der Waals surface area contributed by atoms with Crippen LogP contribution in [0.25, 0.3) is 0 Å². The summed E-state index contributed by atoms with van der Waals surface area (Å²) in [6.07, 6.45) is 2.97. The molecule has 1 fully saturated rings. The normalized spacial score (nSPS) is 18.0. The Morgan fingerprint density at radius 1 is 1.31 bits per heavy atom. The Labute approximate surface area is 155 Å². The van der Waals surface area contributed by atoms with E-state index in [1.54, 1.807) is 24.1 Å². The monoisotopic (exact) mass is 363 g/mol. The summed E-state index contributed by atoms with van der Waals surface area (Å²) in [7, 11) is 5.36. The van der Waals surface area contributed by atoms with Crippen molar-refractivity contribution >= 4 is 11.9 Å². The van der Waals surface area contributed by atoms with Crippen LogP contribution in [0.3, 0.4) is 0 Å². The number of carbonyl (C=O) groups excluding carboxylic acids is 1. The van der Waals surface area contributed by atoms with Gasteiger partial charge in [0.25, 0.3) is 0 Å². The minimum Gasteiger partial charge on any atom is -0.356 e. The van der Waals surface area contributed by atoms with Crippen molar-refractivity contribution in [2.24, 2.45) is 4.99 Å². The highest BCUT2D eigenvalue weighted by molar-refractivity contribution is 5.81. The molecule has 0 saturated carbocycles. The van der Waals surface area contributed by atoms with Gasteiger partial charge in [-0.05, 0) is 43.5 Å². The number of hydrogen-bond donors (Lipinski definition) is 2. The molecule has 0 bridgehead atoms. The fourth-order valence-corrected chi connectivity index (χ4v) is 3.17. The molecule has 1 aromatic carbocycles. The molecule has 1 saturated heterocycles. The first kappa shape index (κ1) is 20.2. The lowest BCUT2D eigenvalue weighted by molar-refractivity contribution is -0.133. The van der Waals surface area contributed by atoms with Gasteiger partial charge in [-0.1, -0.05) is 12.1 Å². The van der Waals surface area contributed by atoms with Crippen molar-refractivity contribution in [2.45, 2.75) is 31.8 Å². The predicted octanol–water partition coefficient (Wildman–Crippen LogP) is 1.43. The van der Waals surface area contributed by atoms with Gasteiger partial charge in [-0.2, -0.15) is 0 Å². The predicted molar refractivity (Wildman–Crippen MR) is 103 cm³/mol. The summed E-state index contributed by atoms with van der Waals surface area (Å²) in [4.78, 5) is 20.4. The van der Waals surface area contributed by atoms with Gasteiger partial charge in [0.15, 0.2) is 5.96 Å². The van der Waals surface area contributed by atoms with E-state index in [1.807, 2.05) is 14.1 Å². The second-order valence-corrected chi connectivity index (χ2v) is 6.76. The molecule has 1 atom stereocenters. The Hall–Kier alpha value is -2.15. The highest BCUT2D eigenvalue weighted by Crippen LogP contribution is 2.18. The van der Waals surface area contributed by atoms with E-state index in [0.29, 0.717) is 6.54 Å². The fraction of sp³-hybridized carbons (Fsp3) is 0.579. The first-order valence-corrected chi connectivity index (χ1v) is 9.15. The number of likely N-dealkylation sites (N-methyl/N-ethyl adjacent to an activating group) is 1. The molecule has 0 spiro atoms. The lowest BCUT2D eigenvalue weighted by Gasteiger charge is -2.26. The van der Waals surface area contributed by atoms with Gasteiger partial charge in [-0.3, -0.25) is 14.7 Å². The zero-order chi connectivity index (χ0) is 18.9. The topological polar surface area (TPSA) is 60.0 Å². The molecule has 0 radical (unpaired) electrons. The van der Waals surface area contributed by atoms with Gasteiger partial charge in [-0.15, -0.1) is 0 Å². The van der Waals surface area contributed by atoms with Gasteiger partial charge in [0.1, 0.15) is 5.82 Å². The summed E-state index contributed by atoms with van der Waals surface area (Å²) in [6, 6.07) is 6.44. The molecule has 0 aliphatic carbocycles. The molecule has 1 amide bonds. The maximum absolute atomic E-state index is 12.9. The lowest BCUT2D eigenvalue weighted by Crippen LogP contribution is -2.44. The van der Waals surface area contributed by atoms with Crippen LogP contribution in [-0.2, 0) is 11.3 Å². The molecule has 1 unspecified atom stereocenters. The fourth-order valence-electron chi connectivity index (χ4n) is 3.17. The van der Waals surface area contributed by atoms with Gasteiger partial charge in [0, 0.05) is 40.8 Å². The second kappa shape index (κ2) is 10.1. The third-order valence-corrected chi connectivity index (χ3v) is 4.60. The molecule has 1 aliphatic heterocycles. The number of carbonyl (C=O) groups is 1. The van der Waals surface area contributed by atoms with Crippen molar-refractivity contribution in [1.29, 1.82) is 0 Å². The van der Waals surface area contributed by atoms with Crippen LogP contribution >= 0.6 is 0 Å². The van der Waals surface area contributed by atoms with Gasteiger partial charge < -0.3 is 15.5 Å². The van der Waals surface area contributed by atoms with Crippen LogP contribution in [0.1, 0.15) is 24.8 Å². The summed E-state index contributed by atoms with van der Waals surface area (Å²) in [5.74, 6) is 0.688. The molecule has 7 heteroatoms. The zero-order valence-electron chi connectivity index (χ0n) is 16.0. The van der Waals surface area contributed by atoms with E-state index in [2.05, 4.69) is 20.5 Å². The standard InChI is InChI=1S/C19H30FN5O/c1-21-19(23-14-15-7-9-16(20)10-8-15)22-11-5-13-25-12-4-6-17(25)18(26)24(2)3/h7-10,17H,4-6,11-14H2,1-3H3,(H2,21,22,23). The number of rotatable bonds is 7. The van der Waals surface area contributed by atoms with E-state index in [9.17, 15) is 9.18 Å². The number of amides is 1. The average Bonchev–Trinajstić information content (AvgIpc) is 3.10. The van der Waals surface area contributed by atoms with Crippen LogP contribution in [0.2, 0.25) is 0 Å². The Balaban J connectivity index is 1.69. The van der Waals surface area contributed by atoms with Crippen molar-refractivity contribution in [3.05, 3.63) is 35.6 Å². The van der Waals surface area contributed by atoms with Crippen molar-refractivity contribution in [2.75, 3.05) is 40.8 Å². The number of benzene rings is 1. The minimum atomic E-state index is -0.232. The van der Waals surface area contributed by atoms with Crippen LogP contribution in [-0.4, -0.2) is 68.5 Å². The van der Waals surface area contributed by atoms with Gasteiger partial charge >= 0.3 is 0 Å². The molecular formula is C19H30FN5O. The second-order valence-electron chi connectivity index (χ2n) is 6.76. The molecule has 144 valence electrons. The molecule has 1 heterocycles. The maximum Gasteiger partial charge on any atom is 0.239 e. The van der Waals surface area contributed by atoms with E-state index in [-0.39, 0.29) is 17.8 Å². The largest absolute Gasteiger partial charge is 0.356 e. The van der Waals surface area contributed by atoms with E-state index >= 15 is 0 Å². The molecule has 1 aliphatic rings. The Bertz CT molecular complexity index is 602. The number of likely N-dealkylation sites (tertiary alicyclic amines) is 1. The van der Waals surface area contributed by atoms with Crippen molar-refractivity contribution in [3.8, 4) is 0 Å². The number of hydrogen-bond acceptors (Lipinski definition) is 3. The Morgan fingerprint density at radius 3 is 2.69 bits per heavy atom. The Morgan fingerprint density at radius 2 is 2.04 bits per heavy atom. The number of aliphatic imine (C=N–C) groups is 1. The van der Waals surface area contributed by atoms with Gasteiger partial charge in [-0.25, -0.2) is 4.39 Å². The van der Waals surface area contributed by atoms with Crippen molar-refractivity contribution < 1.29 is 9.18 Å². The molecular weight excluding hydrogens is 333 g/mol. The van der Waals surface area contributed by atoms with Gasteiger partial charge in [0.2, 0.25) is 5.91 Å². The smallest absolute Gasteiger partial charge is 0.239 e. The molecule has 0 aromatic heterocycles. The van der Waals surface area contributed by atoms with Crippen LogP contribution < -0.4 is 10.6 Å². The van der Waals surface area contributed by atoms with Crippen molar-refractivity contribution in [3.63, 3.8) is 0 Å². The average molecular weight is 363 g/mol. The summed E-state index contributed by atoms with van der Waals surface area (Å²) in [6.45, 7) is 3.25. The van der Waals surface area contributed by atoms with E-state index in [4.69, 9.17) is 0 Å². The highest BCUT2D eigenvalue weighted by Gasteiger charge is 2.30. The molecule has 2 rings (SSSR count). The first-order valence-electron chi connectivity index (χ1n) is 9.15. The third-order valence-electron chi connectivity index (χ3n) is 4.60. The quantitative estimate of drug-likeness (QED) is 0.437. The summed E-state index contributed by atoms with van der Waals surface area (Å²) in [5.41, 5.74) is 0.997. The summed E-state index contributed by atoms with van der Waals surface area (Å²) >= 11 is 0. The zero-order valence-corrected chi connectivity index (χ0v) is 16.0. The third kappa shape index (κ3) is 5.98. The van der Waals surface area contributed by atoms with E-state index in [1.165, 1.54) is 12.1 Å². The number of nitrogens with zero attached hydrogens (tertiary/aromatic N) is 3. The summed E-state index contributed by atoms with van der Waals surface area (Å²) < 4.78 is 12.9. The number of halogens is 1. The lowest BCUT2D eigenvalue weighted by atomic mass is 10.2. The molecule has 2 N–H and O–H groups in total. The first-order chi connectivity index (χ1) is 12.5. The SMILES string of the molecule is CN=C(NCCCN1CCCC1C(=O)N(C)C)NCc1ccc(F)cc1. The Kier molecular flexibility index (Phi) is 7.84. The molecule has 26 heavy (non-hydrogen) atoms. The van der Waals surface area contributed by atoms with Gasteiger partial charge in [0.05, 0.1) is 6.04 Å². The van der Waals surface area contributed by atoms with Crippen molar-refractivity contribution in [1.82, 2.24) is 20.4 Å². The van der Waals surface area contributed by atoms with Crippen LogP contribution in [0.15, 0.2) is 29.3 Å². The van der Waals surface area contributed by atoms with Crippen LogP contribution in [0.5, 0.6) is 0 Å². The van der Waals surface area contributed by atoms with E-state index in [0.717, 1.165) is 50.4 Å². The molecule has 1 aromatic rings. The maximum atomic E-state index is 12.9. The number of guanidine groups is 1. The molecule has 6 nitrogen and oxygen atoms in total. The van der Waals surface area contributed by atoms with E-state index < -0.39 is 0 Å². The van der Waals surface area contributed by atoms with Crippen LogP contribution in [0, 0.1) is 5.82 Å². The summed E-state index contributed by atoms with van der Waals surface area (Å²) in [5, 5.41) is 6.50. The number of nitrogens with one attached hydrogen (secondary N) is 2. The minimum absolute atomic E-state index is 0.0286. The van der Waals surface area contributed by atoms with Crippen LogP contribution in [0.4, 0.5) is 4.39 Å².